The number of ether oxygens (including phenoxy) is 1. The number of rotatable bonds is 12. The zero-order chi connectivity index (χ0) is 21.4. The lowest BCUT2D eigenvalue weighted by molar-refractivity contribution is 0.132. The van der Waals surface area contributed by atoms with E-state index in [9.17, 15) is 8.42 Å². The summed E-state index contributed by atoms with van der Waals surface area (Å²) in [6.07, 6.45) is 2.46. The molecule has 0 amide bonds. The number of hydrogen-bond acceptors (Lipinski definition) is 6. The van der Waals surface area contributed by atoms with Gasteiger partial charge in [0.25, 0.3) is 0 Å². The average molecular weight is 543 g/mol. The Morgan fingerprint density at radius 2 is 2.17 bits per heavy atom. The predicted octanol–water partition coefficient (Wildman–Crippen LogP) is 3.04. The van der Waals surface area contributed by atoms with Crippen LogP contribution in [-0.2, 0) is 21.3 Å². The second-order valence-corrected chi connectivity index (χ2v) is 11.6. The van der Waals surface area contributed by atoms with Crippen LogP contribution in [0.1, 0.15) is 13.3 Å². The molecule has 0 saturated carbocycles. The molecule has 162 valence electrons. The fourth-order valence-electron chi connectivity index (χ4n) is 3.08. The number of nitrogens with one attached hydrogen (secondary N) is 1. The number of sulfonamides is 1. The first kappa shape index (κ1) is 22.9. The number of nitrogens with zero attached hydrogens (tertiary/aromatic N) is 4. The largest absolute Gasteiger partial charge is 0.378 e. The van der Waals surface area contributed by atoms with Crippen LogP contribution in [0, 0.1) is 0 Å². The van der Waals surface area contributed by atoms with Gasteiger partial charge in [-0.05, 0) is 30.6 Å². The molecule has 0 aliphatic heterocycles. The molecule has 3 rings (SSSR count). The van der Waals surface area contributed by atoms with Gasteiger partial charge in [-0.3, -0.25) is 0 Å². The van der Waals surface area contributed by atoms with Crippen molar-refractivity contribution in [3.8, 4) is 0 Å². The lowest BCUT2D eigenvalue weighted by Gasteiger charge is -2.09. The molecule has 0 saturated heterocycles. The van der Waals surface area contributed by atoms with Crippen LogP contribution in [-0.4, -0.2) is 63.6 Å². The number of para-hydroxylation sites is 1. The number of benzene rings is 1. The minimum atomic E-state index is -3.22. The maximum absolute atomic E-state index is 11.9. The Kier molecular flexibility index (Phi) is 8.42. The normalized spacial score (nSPS) is 12.6. The highest BCUT2D eigenvalue weighted by molar-refractivity contribution is 14.2. The Balaban J connectivity index is 1.53. The van der Waals surface area contributed by atoms with Crippen molar-refractivity contribution in [2.24, 2.45) is 4.99 Å². The van der Waals surface area contributed by atoms with Gasteiger partial charge in [0.05, 0.1) is 36.3 Å². The van der Waals surface area contributed by atoms with Crippen LogP contribution in [0.4, 0.5) is 5.82 Å². The third-order valence-electron chi connectivity index (χ3n) is 4.44. The van der Waals surface area contributed by atoms with Crippen LogP contribution in [0.3, 0.4) is 0 Å². The highest BCUT2D eigenvalue weighted by Gasteiger charge is 2.13. The molecule has 2 heterocycles. The molecule has 0 unspecified atom stereocenters. The molecule has 10 heteroatoms. The van der Waals surface area contributed by atoms with Crippen LogP contribution < -0.4 is 4.72 Å². The van der Waals surface area contributed by atoms with Crippen molar-refractivity contribution in [3.05, 3.63) is 30.6 Å². The van der Waals surface area contributed by atoms with Gasteiger partial charge in [0.1, 0.15) is 5.52 Å². The van der Waals surface area contributed by atoms with E-state index in [0.717, 1.165) is 20.8 Å². The quantitative estimate of drug-likeness (QED) is 0.164. The second kappa shape index (κ2) is 11.0. The Morgan fingerprint density at radius 1 is 1.33 bits per heavy atom. The van der Waals surface area contributed by atoms with Gasteiger partial charge < -0.3 is 9.30 Å². The first-order chi connectivity index (χ1) is 14.6. The van der Waals surface area contributed by atoms with Crippen molar-refractivity contribution in [2.75, 3.05) is 29.9 Å². The van der Waals surface area contributed by atoms with Gasteiger partial charge in [0.2, 0.25) is 10.0 Å². The molecule has 3 aromatic rings. The van der Waals surface area contributed by atoms with Gasteiger partial charge in [-0.1, -0.05) is 22.2 Å². The van der Waals surface area contributed by atoms with Crippen molar-refractivity contribution in [2.45, 2.75) is 19.9 Å². The smallest absolute Gasteiger partial charge is 0.211 e. The van der Waals surface area contributed by atoms with Crippen LogP contribution in [0.5, 0.6) is 0 Å². The molecule has 30 heavy (non-hydrogen) atoms. The minimum absolute atomic E-state index is 0.0421. The van der Waals surface area contributed by atoms with Crippen LogP contribution in [0.2, 0.25) is 0 Å². The maximum Gasteiger partial charge on any atom is 0.211 e. The molecule has 8 nitrogen and oxygen atoms in total. The number of imidazole rings is 1. The first-order valence-corrected chi connectivity index (χ1v) is 14.1. The van der Waals surface area contributed by atoms with Gasteiger partial charge in [0, 0.05) is 18.5 Å². The van der Waals surface area contributed by atoms with E-state index in [0.29, 0.717) is 37.5 Å². The van der Waals surface area contributed by atoms with Crippen molar-refractivity contribution in [1.29, 1.82) is 0 Å². The number of fused-ring (bicyclic) bond motifs is 3. The molecule has 1 N–H and O–H groups in total. The summed E-state index contributed by atoms with van der Waals surface area (Å²) in [7, 11) is -3.22. The molecule has 0 atom stereocenters. The number of pyridine rings is 1. The molecule has 0 spiro atoms. The summed E-state index contributed by atoms with van der Waals surface area (Å²) in [4.78, 5) is 13.0. The molecule has 0 aliphatic rings. The number of alkyl halides is 1. The van der Waals surface area contributed by atoms with Crippen molar-refractivity contribution in [3.63, 3.8) is 0 Å². The summed E-state index contributed by atoms with van der Waals surface area (Å²) in [5, 5.41) is 0.994. The third kappa shape index (κ3) is 5.90. The summed E-state index contributed by atoms with van der Waals surface area (Å²) >= 11 is 0.0421. The summed E-state index contributed by atoms with van der Waals surface area (Å²) in [6, 6.07) is 7.84. The van der Waals surface area contributed by atoms with Gasteiger partial charge in [0.15, 0.2) is 5.82 Å². The Morgan fingerprint density at radius 3 is 2.97 bits per heavy atom. The summed E-state index contributed by atoms with van der Waals surface area (Å²) in [6.45, 7) is 7.25. The average Bonchev–Trinajstić information content (AvgIpc) is 3.17. The Labute approximate surface area is 186 Å². The molecule has 0 fully saturated rings. The Bertz CT molecular complexity index is 1140. The van der Waals surface area contributed by atoms with E-state index in [1.807, 2.05) is 35.8 Å². The second-order valence-electron chi connectivity index (χ2n) is 6.49. The monoisotopic (exact) mass is 543 g/mol. The van der Waals surface area contributed by atoms with E-state index in [4.69, 9.17) is 4.74 Å². The van der Waals surface area contributed by atoms with Crippen LogP contribution in [0.15, 0.2) is 35.6 Å². The summed E-state index contributed by atoms with van der Waals surface area (Å²) in [5.41, 5.74) is 2.49. The molecule has 0 radical (unpaired) electrons. The van der Waals surface area contributed by atoms with Crippen LogP contribution in [0.25, 0.3) is 21.9 Å². The zero-order valence-corrected chi connectivity index (χ0v) is 19.9. The van der Waals surface area contributed by atoms with E-state index in [-0.39, 0.29) is 33.0 Å². The van der Waals surface area contributed by atoms with E-state index < -0.39 is 10.0 Å². The van der Waals surface area contributed by atoms with E-state index in [2.05, 4.69) is 30.4 Å². The minimum Gasteiger partial charge on any atom is -0.378 e. The van der Waals surface area contributed by atoms with Gasteiger partial charge in [-0.15, -0.1) is 20.7 Å². The fraction of sp³-hybridized carbons (Fsp3) is 0.400. The first-order valence-electron chi connectivity index (χ1n) is 9.66. The van der Waals surface area contributed by atoms with Crippen molar-refractivity contribution in [1.82, 2.24) is 19.3 Å². The standard InChI is InChI=1S/C20H26IN5O3S/c1-3-21-9-6-14-30(27,28)24-10-12-29-13-11-26-15-23-18-19(26)16-7-4-5-8-17(16)25-20(18)22-2/h3-5,7-8,15,24H,2,6,9-14H2,1H3. The van der Waals surface area contributed by atoms with Crippen molar-refractivity contribution < 1.29 is 13.2 Å². The molecular formula is C20H26IN5O3S. The summed E-state index contributed by atoms with van der Waals surface area (Å²) in [5.74, 6) is 0.694. The lowest BCUT2D eigenvalue weighted by Crippen LogP contribution is -2.30. The Hall–Kier alpha value is -1.76. The lowest BCUT2D eigenvalue weighted by atomic mass is 10.2. The highest BCUT2D eigenvalue weighted by atomic mass is 127. The molecule has 2 aromatic heterocycles. The summed E-state index contributed by atoms with van der Waals surface area (Å²) < 4.78 is 37.3. The molecule has 0 bridgehead atoms. The SMILES string of the molecule is C=Nc1nc2ccccc2c2c1ncn2CCOCCNS(=O)(=O)CCCI=CC. The molecule has 1 aromatic carbocycles. The van der Waals surface area contributed by atoms with Crippen LogP contribution >= 0.6 is 20.7 Å². The number of hydrogen-bond donors (Lipinski definition) is 1. The van der Waals surface area contributed by atoms with E-state index in [1.165, 1.54) is 0 Å². The van der Waals surface area contributed by atoms with E-state index >= 15 is 0 Å². The molecular weight excluding hydrogens is 517 g/mol. The molecule has 0 aliphatic carbocycles. The number of aliphatic imine (C=N–C) groups is 1. The van der Waals surface area contributed by atoms with Gasteiger partial charge >= 0.3 is 0 Å². The third-order valence-corrected chi connectivity index (χ3v) is 8.18. The van der Waals surface area contributed by atoms with Gasteiger partial charge in [-0.2, -0.15) is 0 Å². The fourth-order valence-corrected chi connectivity index (χ4v) is 6.11. The topological polar surface area (TPSA) is 98.5 Å². The maximum atomic E-state index is 11.9. The van der Waals surface area contributed by atoms with Gasteiger partial charge in [-0.25, -0.2) is 28.1 Å². The number of aromatic nitrogens is 3. The zero-order valence-electron chi connectivity index (χ0n) is 16.9. The van der Waals surface area contributed by atoms with Crippen molar-refractivity contribution >= 4 is 69.2 Å². The number of halogens is 1. The predicted molar refractivity (Wildman–Crippen MR) is 132 cm³/mol. The van der Waals surface area contributed by atoms with E-state index in [1.54, 1.807) is 6.33 Å². The highest BCUT2D eigenvalue weighted by Crippen LogP contribution is 2.29.